The molecule has 0 aliphatic carbocycles. The number of aryl methyl sites for hydroxylation is 2. The number of carbonyl (C=O) groups excluding carboxylic acids is 2. The van der Waals surface area contributed by atoms with Gasteiger partial charge in [0.15, 0.2) is 5.16 Å². The van der Waals surface area contributed by atoms with Crippen LogP contribution in [0.25, 0.3) is 0 Å². The number of rotatable bonds is 5. The molecule has 1 aromatic carbocycles. The molecule has 0 unspecified atom stereocenters. The molecule has 0 saturated carbocycles. The minimum atomic E-state index is -0.398. The molecule has 0 radical (unpaired) electrons. The summed E-state index contributed by atoms with van der Waals surface area (Å²) in [5.74, 6) is -0.680. The van der Waals surface area contributed by atoms with Gasteiger partial charge in [-0.05, 0) is 56.4 Å². The molecule has 2 amide bonds. The van der Waals surface area contributed by atoms with Gasteiger partial charge in [0, 0.05) is 28.4 Å². The highest BCUT2D eigenvalue weighted by atomic mass is 35.5. The molecule has 0 aliphatic heterocycles. The van der Waals surface area contributed by atoms with E-state index in [-0.39, 0.29) is 12.3 Å². The Balaban J connectivity index is 1.87. The van der Waals surface area contributed by atoms with Crippen LogP contribution in [0.3, 0.4) is 0 Å². The molecule has 1 heterocycles. The summed E-state index contributed by atoms with van der Waals surface area (Å²) >= 11 is 7.26. The number of aromatic nitrogens is 2. The standard InChI is InChI=1S/C17H19ClN4O2S/c1-10-14(11(2)20-17(19-10)25-3)8-9-15(23)21-22-16(24)12-4-6-13(18)7-5-12/h4-7H,8-9H2,1-3H3,(H,21,23)(H,22,24). The minimum Gasteiger partial charge on any atom is -0.273 e. The number of amides is 2. The molecule has 8 heteroatoms. The second-order valence-electron chi connectivity index (χ2n) is 5.37. The van der Waals surface area contributed by atoms with E-state index in [4.69, 9.17) is 11.6 Å². The molecule has 0 spiro atoms. The fourth-order valence-corrected chi connectivity index (χ4v) is 2.85. The Morgan fingerprint density at radius 3 is 2.24 bits per heavy atom. The van der Waals surface area contributed by atoms with Gasteiger partial charge in [0.25, 0.3) is 5.91 Å². The average Bonchev–Trinajstić information content (AvgIpc) is 2.59. The van der Waals surface area contributed by atoms with Gasteiger partial charge in [-0.2, -0.15) is 0 Å². The van der Waals surface area contributed by atoms with Crippen LogP contribution < -0.4 is 10.9 Å². The lowest BCUT2D eigenvalue weighted by Crippen LogP contribution is -2.41. The van der Waals surface area contributed by atoms with E-state index in [0.717, 1.165) is 22.1 Å². The Morgan fingerprint density at radius 1 is 1.08 bits per heavy atom. The lowest BCUT2D eigenvalue weighted by molar-refractivity contribution is -0.121. The van der Waals surface area contributed by atoms with Crippen LogP contribution in [0.4, 0.5) is 0 Å². The molecular formula is C17H19ClN4O2S. The van der Waals surface area contributed by atoms with Crippen LogP contribution in [0.5, 0.6) is 0 Å². The third-order valence-electron chi connectivity index (χ3n) is 3.61. The van der Waals surface area contributed by atoms with E-state index in [0.29, 0.717) is 17.0 Å². The molecule has 2 N–H and O–H groups in total. The highest BCUT2D eigenvalue weighted by molar-refractivity contribution is 7.98. The number of hydrogen-bond donors (Lipinski definition) is 2. The van der Waals surface area contributed by atoms with Crippen molar-refractivity contribution in [1.29, 1.82) is 0 Å². The lowest BCUT2D eigenvalue weighted by atomic mass is 10.1. The van der Waals surface area contributed by atoms with Crippen LogP contribution in [-0.2, 0) is 11.2 Å². The number of nitrogens with one attached hydrogen (secondary N) is 2. The molecule has 0 bridgehead atoms. The summed E-state index contributed by atoms with van der Waals surface area (Å²) < 4.78 is 0. The first kappa shape index (κ1) is 19.2. The summed E-state index contributed by atoms with van der Waals surface area (Å²) in [5.41, 5.74) is 7.91. The van der Waals surface area contributed by atoms with Crippen molar-refractivity contribution in [3.8, 4) is 0 Å². The summed E-state index contributed by atoms with van der Waals surface area (Å²) in [5, 5.41) is 1.26. The molecule has 0 saturated heterocycles. The highest BCUT2D eigenvalue weighted by Crippen LogP contribution is 2.17. The van der Waals surface area contributed by atoms with Crippen molar-refractivity contribution >= 4 is 35.2 Å². The molecule has 2 aromatic rings. The quantitative estimate of drug-likeness (QED) is 0.475. The summed E-state index contributed by atoms with van der Waals surface area (Å²) in [4.78, 5) is 32.7. The Kier molecular flexibility index (Phi) is 6.78. The van der Waals surface area contributed by atoms with Crippen molar-refractivity contribution in [2.75, 3.05) is 6.26 Å². The van der Waals surface area contributed by atoms with Crippen LogP contribution >= 0.6 is 23.4 Å². The molecule has 132 valence electrons. The first-order valence-corrected chi connectivity index (χ1v) is 9.24. The largest absolute Gasteiger partial charge is 0.273 e. The van der Waals surface area contributed by atoms with Crippen molar-refractivity contribution in [3.05, 3.63) is 51.8 Å². The Morgan fingerprint density at radius 2 is 1.68 bits per heavy atom. The van der Waals surface area contributed by atoms with Crippen molar-refractivity contribution in [3.63, 3.8) is 0 Å². The van der Waals surface area contributed by atoms with Gasteiger partial charge in [-0.1, -0.05) is 23.4 Å². The average molecular weight is 379 g/mol. The van der Waals surface area contributed by atoms with Crippen molar-refractivity contribution in [2.24, 2.45) is 0 Å². The van der Waals surface area contributed by atoms with Gasteiger partial charge in [0.1, 0.15) is 0 Å². The monoisotopic (exact) mass is 378 g/mol. The fraction of sp³-hybridized carbons (Fsp3) is 0.294. The van der Waals surface area contributed by atoms with Crippen LogP contribution in [0, 0.1) is 13.8 Å². The highest BCUT2D eigenvalue weighted by Gasteiger charge is 2.11. The van der Waals surface area contributed by atoms with E-state index in [1.807, 2.05) is 20.1 Å². The zero-order valence-corrected chi connectivity index (χ0v) is 15.8. The van der Waals surface area contributed by atoms with Gasteiger partial charge in [0.2, 0.25) is 5.91 Å². The number of benzene rings is 1. The van der Waals surface area contributed by atoms with Crippen LogP contribution in [-0.4, -0.2) is 28.0 Å². The van der Waals surface area contributed by atoms with Crippen molar-refractivity contribution < 1.29 is 9.59 Å². The number of carbonyl (C=O) groups is 2. The van der Waals surface area contributed by atoms with Gasteiger partial charge in [-0.15, -0.1) is 0 Å². The number of thioether (sulfide) groups is 1. The number of nitrogens with zero attached hydrogens (tertiary/aromatic N) is 2. The zero-order chi connectivity index (χ0) is 18.4. The van der Waals surface area contributed by atoms with E-state index < -0.39 is 5.91 Å². The lowest BCUT2D eigenvalue weighted by Gasteiger charge is -2.11. The van der Waals surface area contributed by atoms with E-state index in [1.165, 1.54) is 11.8 Å². The van der Waals surface area contributed by atoms with E-state index in [2.05, 4.69) is 20.8 Å². The maximum atomic E-state index is 12.0. The third-order valence-corrected chi connectivity index (χ3v) is 4.41. The minimum absolute atomic E-state index is 0.227. The van der Waals surface area contributed by atoms with Crippen molar-refractivity contribution in [1.82, 2.24) is 20.8 Å². The molecule has 2 rings (SSSR count). The van der Waals surface area contributed by atoms with Gasteiger partial charge in [-0.3, -0.25) is 20.4 Å². The first-order chi connectivity index (χ1) is 11.9. The SMILES string of the molecule is CSc1nc(C)c(CCC(=O)NNC(=O)c2ccc(Cl)cc2)c(C)n1. The molecule has 1 aromatic heterocycles. The number of hydrogen-bond acceptors (Lipinski definition) is 5. The fourth-order valence-electron chi connectivity index (χ4n) is 2.26. The summed E-state index contributed by atoms with van der Waals surface area (Å²) in [6.45, 7) is 3.81. The molecule has 25 heavy (non-hydrogen) atoms. The molecule has 0 aliphatic rings. The van der Waals surface area contributed by atoms with Gasteiger partial charge in [0.05, 0.1) is 0 Å². The van der Waals surface area contributed by atoms with Crippen LogP contribution in [0.1, 0.15) is 33.7 Å². The predicted molar refractivity (Wildman–Crippen MR) is 98.7 cm³/mol. The zero-order valence-electron chi connectivity index (χ0n) is 14.2. The van der Waals surface area contributed by atoms with E-state index in [9.17, 15) is 9.59 Å². The van der Waals surface area contributed by atoms with Gasteiger partial charge in [-0.25, -0.2) is 9.97 Å². The van der Waals surface area contributed by atoms with E-state index in [1.54, 1.807) is 24.3 Å². The van der Waals surface area contributed by atoms with Gasteiger partial charge < -0.3 is 0 Å². The van der Waals surface area contributed by atoms with Crippen LogP contribution in [0.15, 0.2) is 29.4 Å². The molecule has 6 nitrogen and oxygen atoms in total. The van der Waals surface area contributed by atoms with Crippen LogP contribution in [0.2, 0.25) is 5.02 Å². The van der Waals surface area contributed by atoms with Crippen molar-refractivity contribution in [2.45, 2.75) is 31.8 Å². The smallest absolute Gasteiger partial charge is 0.269 e. The topological polar surface area (TPSA) is 84.0 Å². The maximum Gasteiger partial charge on any atom is 0.269 e. The Labute approximate surface area is 155 Å². The molecule has 0 atom stereocenters. The molecule has 0 fully saturated rings. The number of hydrazine groups is 1. The number of halogens is 1. The second kappa shape index (κ2) is 8.82. The molecular weight excluding hydrogens is 360 g/mol. The summed E-state index contributed by atoms with van der Waals surface area (Å²) in [6.07, 6.45) is 2.66. The maximum absolute atomic E-state index is 12.0. The summed E-state index contributed by atoms with van der Waals surface area (Å²) in [6, 6.07) is 6.40. The summed E-state index contributed by atoms with van der Waals surface area (Å²) in [7, 11) is 0. The van der Waals surface area contributed by atoms with E-state index >= 15 is 0 Å². The third kappa shape index (κ3) is 5.44. The normalized spacial score (nSPS) is 10.4. The Hall–Kier alpha value is -2.12. The Bertz CT molecular complexity index is 758. The first-order valence-electron chi connectivity index (χ1n) is 7.63. The van der Waals surface area contributed by atoms with Gasteiger partial charge >= 0.3 is 0 Å². The second-order valence-corrected chi connectivity index (χ2v) is 6.58. The predicted octanol–water partition coefficient (Wildman–Crippen LogP) is 2.86.